The highest BCUT2D eigenvalue weighted by atomic mass is 127. The summed E-state index contributed by atoms with van der Waals surface area (Å²) in [7, 11) is -12.5. The standard InChI is InChI=1S/C18H30O3S.2C16H10O3S.2C12H10I/c1-2-3-4-5-6-7-8-9-10-14-17-21-22(19,20)18-15-12-11-13-16-18;2*17-20(18,19)14-9-7-12-5-4-10-2-1-3-11-6-8-13(14)16(12)15(10)11;2*1-3-7-11(8-4-1)13-12-9-5-2-6-10-12/h11-13,15-16H,2-10,14,17H2,1H3;2*1-9H,(H,17,18,19);2*1-10H/q;;;2*+1/p-2. The van der Waals surface area contributed by atoms with Gasteiger partial charge in [-0.1, -0.05) is 253 Å². The average Bonchev–Trinajstić information content (AvgIpc) is 0.952. The molecule has 0 radical (unpaired) electrons. The molecule has 0 saturated carbocycles. The first-order valence-corrected chi connectivity index (χ1v) is 37.9. The summed E-state index contributed by atoms with van der Waals surface area (Å²) in [6.07, 6.45) is 12.3. The van der Waals surface area contributed by atoms with E-state index in [0.717, 1.165) is 66.7 Å². The number of hydrogen-bond donors (Lipinski definition) is 0. The van der Waals surface area contributed by atoms with Gasteiger partial charge in [0.1, 0.15) is 20.2 Å². The van der Waals surface area contributed by atoms with Crippen molar-refractivity contribution in [3.05, 3.63) is 275 Å². The summed E-state index contributed by atoms with van der Waals surface area (Å²) in [6, 6.07) is 84.3. The molecule has 0 bridgehead atoms. The molecule has 9 nitrogen and oxygen atoms in total. The lowest BCUT2D eigenvalue weighted by molar-refractivity contribution is -0.597. The van der Waals surface area contributed by atoms with Crippen LogP contribution in [0.5, 0.6) is 0 Å². The van der Waals surface area contributed by atoms with Gasteiger partial charge in [-0.15, -0.1) is 0 Å². The van der Waals surface area contributed by atoms with Crippen LogP contribution in [0.3, 0.4) is 0 Å². The molecule has 13 aromatic carbocycles. The van der Waals surface area contributed by atoms with Crippen LogP contribution in [0, 0.1) is 14.3 Å². The minimum atomic E-state index is -4.48. The quantitative estimate of drug-likeness (QED) is 0.0253. The predicted octanol–water partition coefficient (Wildman–Crippen LogP) is 11.9. The molecule has 0 amide bonds. The maximum absolute atomic E-state index is 11.9. The Bertz CT molecular complexity index is 4280. The second kappa shape index (κ2) is 32.0. The van der Waals surface area contributed by atoms with E-state index in [0.29, 0.717) is 10.8 Å². The smallest absolute Gasteiger partial charge is 0.357 e. The summed E-state index contributed by atoms with van der Waals surface area (Å²) in [5.74, 6) is 0. The molecule has 0 aliphatic carbocycles. The zero-order chi connectivity index (χ0) is 61.8. The molecule has 0 fully saturated rings. The number of halogens is 2. The number of hydrogen-bond acceptors (Lipinski definition) is 9. The summed E-state index contributed by atoms with van der Waals surface area (Å²) < 4.78 is 103. The van der Waals surface area contributed by atoms with E-state index in [1.807, 2.05) is 72.8 Å². The van der Waals surface area contributed by atoms with Gasteiger partial charge in [0, 0.05) is 10.8 Å². The van der Waals surface area contributed by atoms with Gasteiger partial charge in [0.25, 0.3) is 10.1 Å². The molecular formula is C74H68I2O9S3. The van der Waals surface area contributed by atoms with E-state index in [2.05, 4.69) is 128 Å². The number of rotatable bonds is 19. The molecule has 88 heavy (non-hydrogen) atoms. The van der Waals surface area contributed by atoms with E-state index in [4.69, 9.17) is 4.18 Å². The zero-order valence-electron chi connectivity index (χ0n) is 48.8. The van der Waals surface area contributed by atoms with E-state index in [1.54, 1.807) is 54.6 Å². The highest BCUT2D eigenvalue weighted by Gasteiger charge is 2.18. The molecule has 0 spiro atoms. The van der Waals surface area contributed by atoms with E-state index in [-0.39, 0.29) is 63.7 Å². The fourth-order valence-electron chi connectivity index (χ4n) is 10.4. The Morgan fingerprint density at radius 1 is 0.307 bits per heavy atom. The zero-order valence-corrected chi connectivity index (χ0v) is 55.5. The van der Waals surface area contributed by atoms with Gasteiger partial charge >= 0.3 is 42.4 Å². The summed E-state index contributed by atoms with van der Waals surface area (Å²) in [5.41, 5.74) is 0. The van der Waals surface area contributed by atoms with Crippen molar-refractivity contribution in [2.45, 2.75) is 85.8 Å². The van der Waals surface area contributed by atoms with Crippen molar-refractivity contribution in [3.8, 4) is 0 Å². The van der Waals surface area contributed by atoms with Crippen LogP contribution in [0.4, 0.5) is 0 Å². The Kier molecular flexibility index (Phi) is 23.9. The molecule has 0 aromatic heterocycles. The number of benzene rings is 13. The molecular weight excluding hydrogens is 1380 g/mol. The molecule has 0 N–H and O–H groups in total. The topological polar surface area (TPSA) is 158 Å². The molecule has 0 unspecified atom stereocenters. The van der Waals surface area contributed by atoms with Gasteiger partial charge in [0.2, 0.25) is 0 Å². The third-order valence-electron chi connectivity index (χ3n) is 14.7. The maximum atomic E-state index is 11.9. The van der Waals surface area contributed by atoms with Crippen molar-refractivity contribution >= 4 is 95.0 Å². The SMILES string of the molecule is CCCCCCCCCCCCOS(=O)(=O)c1ccccc1.O=S(=O)([O-])c1ccc2ccc3cccc4ccc1c2c34.O=S(=O)([O-])c1ccc2ccc3cccc4ccc1c2c34.c1ccc([I+]c2ccccc2)cc1.c1ccc([I+]c2ccccc2)cc1. The third-order valence-corrected chi connectivity index (χ3v) is 23.1. The fourth-order valence-corrected chi connectivity index (χ4v) is 17.3. The minimum absolute atomic E-state index is 0.0287. The summed E-state index contributed by atoms with van der Waals surface area (Å²) in [5, 5.41) is 10.8. The average molecular weight is 1450 g/mol. The van der Waals surface area contributed by atoms with Crippen molar-refractivity contribution in [2.75, 3.05) is 6.61 Å². The fraction of sp³-hybridized carbons (Fsp3) is 0.162. The highest BCUT2D eigenvalue weighted by Crippen LogP contribution is 2.38. The van der Waals surface area contributed by atoms with Gasteiger partial charge in [0.05, 0.1) is 21.3 Å². The van der Waals surface area contributed by atoms with Crippen LogP contribution >= 0.6 is 0 Å². The van der Waals surface area contributed by atoms with E-state index < -0.39 is 30.4 Å². The van der Waals surface area contributed by atoms with Gasteiger partial charge in [-0.05, 0) is 133 Å². The summed E-state index contributed by atoms with van der Waals surface area (Å²) >= 11 is 0.0574. The van der Waals surface area contributed by atoms with E-state index in [9.17, 15) is 34.4 Å². The van der Waals surface area contributed by atoms with Crippen LogP contribution in [0.1, 0.15) is 71.1 Å². The lowest BCUT2D eigenvalue weighted by Crippen LogP contribution is -3.61. The van der Waals surface area contributed by atoms with Gasteiger partial charge in [-0.2, -0.15) is 8.42 Å². The van der Waals surface area contributed by atoms with Crippen LogP contribution in [-0.4, -0.2) is 41.0 Å². The van der Waals surface area contributed by atoms with Gasteiger partial charge in [-0.25, -0.2) is 16.8 Å². The molecule has 0 heterocycles. The minimum Gasteiger partial charge on any atom is -0.744 e. The van der Waals surface area contributed by atoms with Gasteiger partial charge in [0.15, 0.2) is 14.3 Å². The van der Waals surface area contributed by atoms with Crippen molar-refractivity contribution in [1.29, 1.82) is 0 Å². The maximum Gasteiger partial charge on any atom is 0.357 e. The lowest BCUT2D eigenvalue weighted by atomic mass is 9.94. The Balaban J connectivity index is 0.000000133. The molecule has 450 valence electrons. The third kappa shape index (κ3) is 18.2. The first-order valence-electron chi connectivity index (χ1n) is 29.4. The number of unbranched alkanes of at least 4 members (excludes halogenated alkanes) is 9. The van der Waals surface area contributed by atoms with Crippen LogP contribution in [-0.2, 0) is 34.5 Å². The van der Waals surface area contributed by atoms with Gasteiger partial charge in [-0.3, -0.25) is 4.18 Å². The van der Waals surface area contributed by atoms with Gasteiger partial charge < -0.3 is 9.11 Å². The Morgan fingerprint density at radius 2 is 0.591 bits per heavy atom. The molecule has 0 saturated heterocycles. The van der Waals surface area contributed by atoms with Crippen molar-refractivity contribution in [2.24, 2.45) is 0 Å². The molecule has 14 heteroatoms. The van der Waals surface area contributed by atoms with Crippen LogP contribution in [0.2, 0.25) is 0 Å². The monoisotopic (exact) mass is 1450 g/mol. The molecule has 0 aliphatic rings. The first-order chi connectivity index (χ1) is 42.7. The van der Waals surface area contributed by atoms with E-state index in [1.165, 1.54) is 77.8 Å². The Hall–Kier alpha value is -6.87. The Morgan fingerprint density at radius 3 is 0.920 bits per heavy atom. The van der Waals surface area contributed by atoms with Crippen LogP contribution < -0.4 is 42.4 Å². The summed E-state index contributed by atoms with van der Waals surface area (Å²) in [4.78, 5) is -0.0615. The first kappa shape index (κ1) is 65.6. The van der Waals surface area contributed by atoms with Crippen molar-refractivity contribution in [1.82, 2.24) is 0 Å². The molecule has 13 aromatic rings. The highest BCUT2D eigenvalue weighted by molar-refractivity contribution is 7.87. The largest absolute Gasteiger partial charge is 0.744 e. The Labute approximate surface area is 538 Å². The normalized spacial score (nSPS) is 11.6. The van der Waals surface area contributed by atoms with Crippen molar-refractivity contribution < 1.29 is 81.0 Å². The second-order valence-electron chi connectivity index (χ2n) is 20.9. The predicted molar refractivity (Wildman–Crippen MR) is 348 cm³/mol. The lowest BCUT2D eigenvalue weighted by Gasteiger charge is -2.15. The van der Waals surface area contributed by atoms with E-state index >= 15 is 0 Å². The molecule has 0 atom stereocenters. The molecule has 13 rings (SSSR count). The van der Waals surface area contributed by atoms with Crippen LogP contribution in [0.15, 0.2) is 276 Å². The molecule has 0 aliphatic heterocycles. The van der Waals surface area contributed by atoms with Crippen LogP contribution in [0.25, 0.3) is 64.6 Å². The van der Waals surface area contributed by atoms with Crippen molar-refractivity contribution in [3.63, 3.8) is 0 Å². The second-order valence-corrected chi connectivity index (χ2v) is 31.3. The summed E-state index contributed by atoms with van der Waals surface area (Å²) in [6.45, 7) is 2.52.